The molecule has 9 heteroatoms. The van der Waals surface area contributed by atoms with Crippen LogP contribution in [-0.4, -0.2) is 26.3 Å². The maximum absolute atomic E-state index is 13.3. The predicted molar refractivity (Wildman–Crippen MR) is 157 cm³/mol. The lowest BCUT2D eigenvalue weighted by atomic mass is 9.82. The molecule has 3 N–H and O–H groups in total. The van der Waals surface area contributed by atoms with Crippen LogP contribution in [0.5, 0.6) is 0 Å². The highest BCUT2D eigenvalue weighted by Crippen LogP contribution is 2.47. The Morgan fingerprint density at radius 2 is 1.82 bits per heavy atom. The molecule has 0 fully saturated rings. The van der Waals surface area contributed by atoms with Crippen molar-refractivity contribution in [1.29, 1.82) is 0 Å². The Labute approximate surface area is 233 Å². The summed E-state index contributed by atoms with van der Waals surface area (Å²) in [6.07, 6.45) is 4.70. The quantitative estimate of drug-likeness (QED) is 0.230. The van der Waals surface area contributed by atoms with Crippen LogP contribution < -0.4 is 16.0 Å². The van der Waals surface area contributed by atoms with Gasteiger partial charge >= 0.3 is 6.03 Å². The van der Waals surface area contributed by atoms with Crippen LogP contribution in [0.15, 0.2) is 53.1 Å². The lowest BCUT2D eigenvalue weighted by Gasteiger charge is -2.21. The molecule has 0 radical (unpaired) electrons. The van der Waals surface area contributed by atoms with Gasteiger partial charge in [-0.05, 0) is 72.9 Å². The monoisotopic (exact) mass is 582 g/mol. The topological polar surface area (TPSA) is 93.0 Å². The summed E-state index contributed by atoms with van der Waals surface area (Å²) in [5.41, 5.74) is 9.88. The van der Waals surface area contributed by atoms with Crippen molar-refractivity contribution in [3.63, 3.8) is 0 Å². The van der Waals surface area contributed by atoms with Crippen molar-refractivity contribution >= 4 is 61.0 Å². The lowest BCUT2D eigenvalue weighted by molar-refractivity contribution is 0.0966. The average molecular weight is 583 g/mol. The Hall–Kier alpha value is -4.11. The molecule has 5 aromatic rings. The molecule has 1 aliphatic heterocycles. The summed E-state index contributed by atoms with van der Waals surface area (Å²) < 4.78 is 5.20. The van der Waals surface area contributed by atoms with Crippen LogP contribution in [0.3, 0.4) is 0 Å². The number of nitrogens with zero attached hydrogens (tertiary/aromatic N) is 3. The molecule has 3 heterocycles. The van der Waals surface area contributed by atoms with E-state index in [4.69, 9.17) is 0 Å². The van der Waals surface area contributed by atoms with E-state index in [9.17, 15) is 9.59 Å². The van der Waals surface area contributed by atoms with Gasteiger partial charge in [0.25, 0.3) is 5.91 Å². The van der Waals surface area contributed by atoms with Gasteiger partial charge in [-0.3, -0.25) is 9.48 Å². The molecule has 3 amide bonds. The molecule has 39 heavy (non-hydrogen) atoms. The smallest absolute Gasteiger partial charge is 0.323 e. The Kier molecular flexibility index (Phi) is 5.52. The van der Waals surface area contributed by atoms with Crippen molar-refractivity contribution < 1.29 is 9.59 Å². The van der Waals surface area contributed by atoms with Crippen LogP contribution in [0.2, 0.25) is 0 Å². The van der Waals surface area contributed by atoms with Crippen molar-refractivity contribution in [2.24, 2.45) is 7.05 Å². The minimum absolute atomic E-state index is 0.0283. The molecule has 8 nitrogen and oxygen atoms in total. The molecule has 2 aromatic heterocycles. The number of amides is 3. The molecule has 0 bridgehead atoms. The Morgan fingerprint density at radius 1 is 1.05 bits per heavy atom. The molecular formula is C30H27BrN6O2. The number of aromatic nitrogens is 3. The second kappa shape index (κ2) is 8.98. The third-order valence-electron chi connectivity index (χ3n) is 7.75. The number of aryl methyl sites for hydroxylation is 4. The Balaban J connectivity index is 1.41. The number of benzene rings is 3. The van der Waals surface area contributed by atoms with E-state index in [1.807, 2.05) is 54.3 Å². The SMILES string of the molecule is CCCn1c2ccc(NC(=O)Nc3ccc(Br)cc3)cc2c2c3c(c4c(c21)CCc1nn(C)cc1-4)C(=O)NC3. The zero-order valence-electron chi connectivity index (χ0n) is 21.7. The van der Waals surface area contributed by atoms with E-state index >= 15 is 0 Å². The van der Waals surface area contributed by atoms with Crippen LogP contribution >= 0.6 is 15.9 Å². The highest BCUT2D eigenvalue weighted by molar-refractivity contribution is 9.10. The summed E-state index contributed by atoms with van der Waals surface area (Å²) in [6, 6.07) is 13.2. The maximum atomic E-state index is 13.3. The van der Waals surface area contributed by atoms with E-state index in [-0.39, 0.29) is 11.9 Å². The van der Waals surface area contributed by atoms with Crippen LogP contribution in [0.4, 0.5) is 16.2 Å². The van der Waals surface area contributed by atoms with Crippen LogP contribution in [0, 0.1) is 0 Å². The minimum atomic E-state index is -0.308. The van der Waals surface area contributed by atoms with E-state index < -0.39 is 0 Å². The van der Waals surface area contributed by atoms with Crippen LogP contribution in [0.1, 0.15) is 40.5 Å². The van der Waals surface area contributed by atoms with Gasteiger partial charge < -0.3 is 20.5 Å². The third kappa shape index (κ3) is 3.75. The summed E-state index contributed by atoms with van der Waals surface area (Å²) in [5.74, 6) is -0.0283. The third-order valence-corrected chi connectivity index (χ3v) is 8.28. The first-order valence-corrected chi connectivity index (χ1v) is 14.0. The van der Waals surface area contributed by atoms with Gasteiger partial charge in [0.15, 0.2) is 0 Å². The molecule has 1 aliphatic carbocycles. The molecule has 2 aliphatic rings. The summed E-state index contributed by atoms with van der Waals surface area (Å²) in [7, 11) is 1.94. The van der Waals surface area contributed by atoms with Crippen molar-refractivity contribution in [3.8, 4) is 11.1 Å². The number of carbonyl (C=O) groups excluding carboxylic acids is 2. The number of hydrogen-bond acceptors (Lipinski definition) is 3. The van der Waals surface area contributed by atoms with E-state index in [2.05, 4.69) is 54.5 Å². The number of nitrogens with one attached hydrogen (secondary N) is 3. The Bertz CT molecular complexity index is 1830. The summed E-state index contributed by atoms with van der Waals surface area (Å²) in [4.78, 5) is 26.1. The number of carbonyl (C=O) groups is 2. The van der Waals surface area contributed by atoms with Gasteiger partial charge in [-0.15, -0.1) is 0 Å². The van der Waals surface area contributed by atoms with Gasteiger partial charge in [-0.25, -0.2) is 4.79 Å². The molecule has 0 unspecified atom stereocenters. The first-order chi connectivity index (χ1) is 18.9. The van der Waals surface area contributed by atoms with Gasteiger partial charge in [-0.2, -0.15) is 5.10 Å². The molecule has 0 saturated carbocycles. The number of urea groups is 1. The summed E-state index contributed by atoms with van der Waals surface area (Å²) in [6.45, 7) is 3.54. The van der Waals surface area contributed by atoms with Crippen molar-refractivity contribution in [3.05, 3.63) is 75.5 Å². The summed E-state index contributed by atoms with van der Waals surface area (Å²) in [5, 5.41) is 15.8. The highest BCUT2D eigenvalue weighted by Gasteiger charge is 2.35. The molecule has 7 rings (SSSR count). The van der Waals surface area contributed by atoms with Crippen molar-refractivity contribution in [2.45, 2.75) is 39.3 Å². The van der Waals surface area contributed by atoms with E-state index in [1.54, 1.807) is 0 Å². The fraction of sp³-hybridized carbons (Fsp3) is 0.233. The Morgan fingerprint density at radius 3 is 2.62 bits per heavy atom. The summed E-state index contributed by atoms with van der Waals surface area (Å²) >= 11 is 3.42. The first kappa shape index (κ1) is 24.0. The molecule has 0 saturated heterocycles. The highest BCUT2D eigenvalue weighted by atomic mass is 79.9. The van der Waals surface area contributed by atoms with Crippen molar-refractivity contribution in [2.75, 3.05) is 10.6 Å². The minimum Gasteiger partial charge on any atom is -0.348 e. The molecule has 0 atom stereocenters. The molecule has 196 valence electrons. The lowest BCUT2D eigenvalue weighted by Crippen LogP contribution is -2.19. The van der Waals surface area contributed by atoms with Gasteiger partial charge in [0, 0.05) is 69.6 Å². The normalized spacial score (nSPS) is 13.8. The average Bonchev–Trinajstić information content (AvgIpc) is 3.58. The number of halogens is 1. The van der Waals surface area contributed by atoms with Gasteiger partial charge in [0.1, 0.15) is 0 Å². The fourth-order valence-corrected chi connectivity index (χ4v) is 6.54. The predicted octanol–water partition coefficient (Wildman–Crippen LogP) is 6.35. The zero-order valence-corrected chi connectivity index (χ0v) is 23.3. The fourth-order valence-electron chi connectivity index (χ4n) is 6.28. The number of fused-ring (bicyclic) bond motifs is 10. The van der Waals surface area contributed by atoms with Crippen LogP contribution in [0.25, 0.3) is 32.9 Å². The molecule has 0 spiro atoms. The van der Waals surface area contributed by atoms with Crippen LogP contribution in [-0.2, 0) is 33.0 Å². The van der Waals surface area contributed by atoms with Gasteiger partial charge in [0.2, 0.25) is 0 Å². The largest absolute Gasteiger partial charge is 0.348 e. The maximum Gasteiger partial charge on any atom is 0.323 e. The van der Waals surface area contributed by atoms with E-state index in [1.165, 1.54) is 11.1 Å². The van der Waals surface area contributed by atoms with E-state index in [0.717, 1.165) is 74.5 Å². The van der Waals surface area contributed by atoms with Gasteiger partial charge in [0.05, 0.1) is 16.8 Å². The zero-order chi connectivity index (χ0) is 26.8. The number of hydrogen-bond donors (Lipinski definition) is 3. The van der Waals surface area contributed by atoms with Crippen molar-refractivity contribution in [1.82, 2.24) is 19.7 Å². The first-order valence-electron chi connectivity index (χ1n) is 13.2. The molecule has 3 aromatic carbocycles. The van der Waals surface area contributed by atoms with E-state index in [0.29, 0.717) is 17.9 Å². The molecular weight excluding hydrogens is 556 g/mol. The standard InChI is InChI=1S/C30H27BrN6O2/c1-3-12-37-24-11-8-18(34-30(39)33-17-6-4-16(31)5-7-17)13-20(24)26-21-14-32-29(38)27(21)25-19(28(26)37)9-10-23-22(25)15-36(2)35-23/h4-8,11,13,15H,3,9-10,12,14H2,1-2H3,(H,32,38)(H2,33,34,39). The number of anilines is 2. The second-order valence-corrected chi connectivity index (χ2v) is 11.2. The number of rotatable bonds is 4. The van der Waals surface area contributed by atoms with Gasteiger partial charge in [-0.1, -0.05) is 22.9 Å². The second-order valence-electron chi connectivity index (χ2n) is 10.2.